The molecular formula is C11H12N2O3S. The maximum atomic E-state index is 11.2. The highest BCUT2D eigenvalue weighted by Crippen LogP contribution is 2.13. The van der Waals surface area contributed by atoms with E-state index in [1.54, 1.807) is 0 Å². The quantitative estimate of drug-likeness (QED) is 0.467. The van der Waals surface area contributed by atoms with Gasteiger partial charge in [-0.15, -0.1) is 0 Å². The Kier molecular flexibility index (Phi) is 4.00. The molecule has 1 saturated heterocycles. The molecule has 1 aromatic carbocycles. The second-order valence-corrected chi connectivity index (χ2v) is 4.31. The summed E-state index contributed by atoms with van der Waals surface area (Å²) in [5.74, 6) is 0.374. The first-order chi connectivity index (χ1) is 8.25. The van der Waals surface area contributed by atoms with Crippen molar-refractivity contribution in [1.29, 1.82) is 0 Å². The number of urea groups is 1. The lowest BCUT2D eigenvalue weighted by Crippen LogP contribution is -2.32. The summed E-state index contributed by atoms with van der Waals surface area (Å²) in [6, 6.07) is 8.83. The third kappa shape index (κ3) is 3.47. The number of benzene rings is 1. The monoisotopic (exact) mass is 252 g/mol. The summed E-state index contributed by atoms with van der Waals surface area (Å²) in [4.78, 5) is 22.0. The van der Waals surface area contributed by atoms with Crippen molar-refractivity contribution in [3.63, 3.8) is 0 Å². The van der Waals surface area contributed by atoms with Gasteiger partial charge >= 0.3 is 6.03 Å². The third-order valence-electron chi connectivity index (χ3n) is 2.25. The molecule has 1 fully saturated rings. The zero-order valence-corrected chi connectivity index (χ0v) is 9.83. The van der Waals surface area contributed by atoms with Gasteiger partial charge in [0, 0.05) is 5.75 Å². The highest BCUT2D eigenvalue weighted by Gasteiger charge is 2.29. The normalized spacial score (nSPS) is 18.9. The van der Waals surface area contributed by atoms with Crippen molar-refractivity contribution in [2.45, 2.75) is 11.8 Å². The Hall–Kier alpha value is -1.53. The number of hydrogen-bond acceptors (Lipinski definition) is 4. The highest BCUT2D eigenvalue weighted by molar-refractivity contribution is 7.93. The van der Waals surface area contributed by atoms with Crippen LogP contribution in [-0.2, 0) is 14.7 Å². The molecule has 1 unspecified atom stereocenters. The van der Waals surface area contributed by atoms with Crippen LogP contribution in [0.25, 0.3) is 0 Å². The molecule has 1 heterocycles. The molecule has 2 rings (SSSR count). The summed E-state index contributed by atoms with van der Waals surface area (Å²) in [5.41, 5.74) is 1.15. The molecule has 0 aliphatic carbocycles. The number of imide groups is 1. The Morgan fingerprint density at radius 1 is 1.24 bits per heavy atom. The van der Waals surface area contributed by atoms with Crippen LogP contribution in [0, 0.1) is 0 Å². The predicted molar refractivity (Wildman–Crippen MR) is 64.2 cm³/mol. The van der Waals surface area contributed by atoms with Crippen molar-refractivity contribution in [3.8, 4) is 0 Å². The summed E-state index contributed by atoms with van der Waals surface area (Å²) < 4.78 is 5.28. The van der Waals surface area contributed by atoms with Crippen LogP contribution in [0.2, 0.25) is 0 Å². The number of amides is 3. The van der Waals surface area contributed by atoms with Gasteiger partial charge < -0.3 is 9.50 Å². The average Bonchev–Trinajstić information content (AvgIpc) is 2.65. The number of nitrogens with one attached hydrogen (secondary N) is 2. The van der Waals surface area contributed by atoms with Crippen molar-refractivity contribution in [1.82, 2.24) is 10.6 Å². The van der Waals surface area contributed by atoms with E-state index in [4.69, 9.17) is 4.18 Å². The summed E-state index contributed by atoms with van der Waals surface area (Å²) in [7, 11) is 0. The van der Waals surface area contributed by atoms with Crippen molar-refractivity contribution >= 4 is 24.0 Å². The molecule has 17 heavy (non-hydrogen) atoms. The molecule has 1 aliphatic rings. The number of hydrogen-bond donors (Lipinski definition) is 2. The molecule has 1 aliphatic heterocycles. The standard InChI is InChI=1S/C11H12N2O3S/c14-10-9(12-11(15)13-10)6-16-17-7-8-4-2-1-3-5-8/h1-5,9H,6-7H2,(H2,12,13,14,15). The average molecular weight is 252 g/mol. The minimum atomic E-state index is -0.578. The molecule has 1 aromatic rings. The second-order valence-electron chi connectivity index (χ2n) is 3.55. The predicted octanol–water partition coefficient (Wildman–Crippen LogP) is 1.06. The van der Waals surface area contributed by atoms with Crippen LogP contribution in [0.1, 0.15) is 5.56 Å². The van der Waals surface area contributed by atoms with E-state index < -0.39 is 12.1 Å². The lowest BCUT2D eigenvalue weighted by molar-refractivity contribution is -0.120. The van der Waals surface area contributed by atoms with E-state index in [0.717, 1.165) is 5.56 Å². The number of carbonyl (C=O) groups excluding carboxylic acids is 2. The van der Waals surface area contributed by atoms with Crippen LogP contribution < -0.4 is 10.6 Å². The molecule has 2 N–H and O–H groups in total. The minimum absolute atomic E-state index is 0.176. The van der Waals surface area contributed by atoms with Crippen LogP contribution in [-0.4, -0.2) is 24.6 Å². The zero-order chi connectivity index (χ0) is 12.1. The summed E-state index contributed by atoms with van der Waals surface area (Å²) in [5, 5.41) is 4.61. The van der Waals surface area contributed by atoms with Crippen molar-refractivity contribution < 1.29 is 13.8 Å². The SMILES string of the molecule is O=C1NC(=O)C(COSCc2ccccc2)N1. The van der Waals surface area contributed by atoms with Gasteiger partial charge in [-0.2, -0.15) is 0 Å². The highest BCUT2D eigenvalue weighted by atomic mass is 32.2. The molecule has 90 valence electrons. The van der Waals surface area contributed by atoms with Crippen molar-refractivity contribution in [3.05, 3.63) is 35.9 Å². The molecule has 5 nitrogen and oxygen atoms in total. The Balaban J connectivity index is 1.67. The third-order valence-corrected chi connectivity index (χ3v) is 3.00. The molecule has 0 bridgehead atoms. The van der Waals surface area contributed by atoms with Gasteiger partial charge in [0.05, 0.1) is 6.61 Å². The van der Waals surface area contributed by atoms with Gasteiger partial charge in [-0.25, -0.2) is 4.79 Å². The van der Waals surface area contributed by atoms with Crippen molar-refractivity contribution in [2.24, 2.45) is 0 Å². The molecule has 0 spiro atoms. The largest absolute Gasteiger partial charge is 0.324 e. The maximum absolute atomic E-state index is 11.2. The topological polar surface area (TPSA) is 67.4 Å². The molecule has 6 heteroatoms. The van der Waals surface area contributed by atoms with Gasteiger partial charge in [-0.3, -0.25) is 10.1 Å². The first-order valence-corrected chi connectivity index (χ1v) is 6.06. The fraction of sp³-hybridized carbons (Fsp3) is 0.273. The summed E-state index contributed by atoms with van der Waals surface area (Å²) >= 11 is 1.27. The van der Waals surface area contributed by atoms with Gasteiger partial charge in [0.1, 0.15) is 6.04 Å². The first kappa shape index (κ1) is 11.9. The van der Waals surface area contributed by atoms with Crippen LogP contribution in [0.3, 0.4) is 0 Å². The van der Waals surface area contributed by atoms with Crippen LogP contribution >= 0.6 is 12.0 Å². The van der Waals surface area contributed by atoms with Gasteiger partial charge in [-0.1, -0.05) is 30.3 Å². The van der Waals surface area contributed by atoms with E-state index in [0.29, 0.717) is 5.75 Å². The second kappa shape index (κ2) is 5.70. The Morgan fingerprint density at radius 3 is 2.65 bits per heavy atom. The Morgan fingerprint density at radius 2 is 2.00 bits per heavy atom. The first-order valence-electron chi connectivity index (χ1n) is 5.15. The Bertz CT molecular complexity index is 410. The Labute approximate surface area is 103 Å². The fourth-order valence-corrected chi connectivity index (χ4v) is 2.02. The molecule has 3 amide bonds. The van der Waals surface area contributed by atoms with E-state index in [1.807, 2.05) is 30.3 Å². The van der Waals surface area contributed by atoms with Crippen LogP contribution in [0.5, 0.6) is 0 Å². The number of rotatable bonds is 5. The van der Waals surface area contributed by atoms with E-state index in [9.17, 15) is 9.59 Å². The van der Waals surface area contributed by atoms with Gasteiger partial charge in [0.2, 0.25) is 0 Å². The summed E-state index contributed by atoms with van der Waals surface area (Å²) in [6.45, 7) is 0.176. The van der Waals surface area contributed by atoms with Crippen molar-refractivity contribution in [2.75, 3.05) is 6.61 Å². The number of carbonyl (C=O) groups is 2. The fourth-order valence-electron chi connectivity index (χ4n) is 1.38. The van der Waals surface area contributed by atoms with E-state index in [-0.39, 0.29) is 12.5 Å². The van der Waals surface area contributed by atoms with Gasteiger partial charge in [0.15, 0.2) is 0 Å². The van der Waals surface area contributed by atoms with Gasteiger partial charge in [-0.05, 0) is 17.6 Å². The smallest absolute Gasteiger partial charge is 0.322 e. The summed E-state index contributed by atoms with van der Waals surface area (Å²) in [6.07, 6.45) is 0. The molecule has 0 saturated carbocycles. The lowest BCUT2D eigenvalue weighted by atomic mass is 10.2. The zero-order valence-electron chi connectivity index (χ0n) is 9.01. The lowest BCUT2D eigenvalue weighted by Gasteiger charge is -2.06. The maximum Gasteiger partial charge on any atom is 0.322 e. The van der Waals surface area contributed by atoms with Crippen LogP contribution in [0.4, 0.5) is 4.79 Å². The van der Waals surface area contributed by atoms with Gasteiger partial charge in [0.25, 0.3) is 5.91 Å². The van der Waals surface area contributed by atoms with E-state index in [2.05, 4.69) is 10.6 Å². The molecular weight excluding hydrogens is 240 g/mol. The molecule has 1 atom stereocenters. The van der Waals surface area contributed by atoms with E-state index in [1.165, 1.54) is 12.0 Å². The minimum Gasteiger partial charge on any atom is -0.324 e. The van der Waals surface area contributed by atoms with Crippen LogP contribution in [0.15, 0.2) is 30.3 Å². The van der Waals surface area contributed by atoms with E-state index >= 15 is 0 Å². The molecule has 0 radical (unpaired) electrons. The molecule has 0 aromatic heterocycles.